The molecule has 3 aromatic carbocycles. The number of carbonyl (C=O) groups excluding carboxylic acids is 1. The predicted octanol–water partition coefficient (Wildman–Crippen LogP) is 5.67. The number of unbranched alkanes of at least 4 members (excludes halogenated alkanes) is 1. The van der Waals surface area contributed by atoms with E-state index in [4.69, 9.17) is 9.57 Å². The lowest BCUT2D eigenvalue weighted by molar-refractivity contribution is -0.0928. The Balaban J connectivity index is 1.75. The first-order valence-corrected chi connectivity index (χ1v) is 11.7. The van der Waals surface area contributed by atoms with E-state index in [1.807, 2.05) is 54.6 Å². The molecule has 1 fully saturated rings. The van der Waals surface area contributed by atoms with Crippen LogP contribution in [-0.4, -0.2) is 35.8 Å². The van der Waals surface area contributed by atoms with Crippen molar-refractivity contribution < 1.29 is 19.5 Å². The molecule has 1 saturated heterocycles. The molecule has 5 nitrogen and oxygen atoms in total. The van der Waals surface area contributed by atoms with Gasteiger partial charge in [-0.05, 0) is 60.2 Å². The van der Waals surface area contributed by atoms with Crippen LogP contribution in [0.1, 0.15) is 59.7 Å². The van der Waals surface area contributed by atoms with E-state index < -0.39 is 5.60 Å². The Morgan fingerprint density at radius 1 is 0.909 bits per heavy atom. The highest BCUT2D eigenvalue weighted by molar-refractivity contribution is 5.89. The van der Waals surface area contributed by atoms with Crippen molar-refractivity contribution in [3.63, 3.8) is 0 Å². The molecular formula is C28H31NO4. The third-order valence-corrected chi connectivity index (χ3v) is 6.05. The molecule has 1 heterocycles. The summed E-state index contributed by atoms with van der Waals surface area (Å²) in [5.41, 5.74) is 2.24. The number of hydrogen-bond donors (Lipinski definition) is 1. The van der Waals surface area contributed by atoms with Crippen LogP contribution in [0.3, 0.4) is 0 Å². The zero-order valence-corrected chi connectivity index (χ0v) is 19.1. The van der Waals surface area contributed by atoms with Crippen molar-refractivity contribution in [2.24, 2.45) is 0 Å². The molecule has 0 bridgehead atoms. The Morgan fingerprint density at radius 2 is 1.58 bits per heavy atom. The van der Waals surface area contributed by atoms with Crippen molar-refractivity contribution in [1.82, 2.24) is 5.06 Å². The number of nitrogens with zero attached hydrogens (tertiary/aromatic N) is 1. The summed E-state index contributed by atoms with van der Waals surface area (Å²) >= 11 is 0. The van der Waals surface area contributed by atoms with Crippen LogP contribution in [0, 0.1) is 0 Å². The fourth-order valence-electron chi connectivity index (χ4n) is 4.31. The van der Waals surface area contributed by atoms with Crippen LogP contribution < -0.4 is 0 Å². The summed E-state index contributed by atoms with van der Waals surface area (Å²) in [6.45, 7) is 4.25. The topological polar surface area (TPSA) is 59.0 Å². The van der Waals surface area contributed by atoms with Gasteiger partial charge in [0, 0.05) is 19.7 Å². The van der Waals surface area contributed by atoms with E-state index in [-0.39, 0.29) is 11.7 Å². The molecule has 1 unspecified atom stereocenters. The second kappa shape index (κ2) is 10.6. The first-order chi connectivity index (χ1) is 16.1. The van der Waals surface area contributed by atoms with E-state index in [1.165, 1.54) is 0 Å². The number of phenols is 1. The molecule has 0 amide bonds. The van der Waals surface area contributed by atoms with Gasteiger partial charge in [-0.1, -0.05) is 67.9 Å². The second-order valence-electron chi connectivity index (χ2n) is 8.39. The van der Waals surface area contributed by atoms with E-state index in [9.17, 15) is 9.90 Å². The van der Waals surface area contributed by atoms with Gasteiger partial charge in [0.05, 0.1) is 5.56 Å². The maximum atomic E-state index is 12.6. The summed E-state index contributed by atoms with van der Waals surface area (Å²) < 4.78 is 6.66. The van der Waals surface area contributed by atoms with Crippen molar-refractivity contribution >= 4 is 5.97 Å². The Morgan fingerprint density at radius 3 is 2.24 bits per heavy atom. The highest BCUT2D eigenvalue weighted by Crippen LogP contribution is 2.41. The quantitative estimate of drug-likeness (QED) is 0.340. The Bertz CT molecular complexity index is 1050. The number of ether oxygens (including phenoxy) is 1. The molecule has 0 radical (unpaired) electrons. The van der Waals surface area contributed by atoms with Crippen molar-refractivity contribution in [2.75, 3.05) is 19.7 Å². The standard InChI is InChI=1S/C28H31NO4/c1-2-3-20-32-28(23-10-5-4-6-11-23,25-12-9-13-26(30)21-25)24-16-14-22(15-17-24)27(31)33-29-18-7-8-19-29/h4-6,9-17,21,30H,2-3,7-8,18-20H2,1H3. The van der Waals surface area contributed by atoms with Gasteiger partial charge in [-0.15, -0.1) is 5.06 Å². The van der Waals surface area contributed by atoms with Gasteiger partial charge in [0.15, 0.2) is 0 Å². The van der Waals surface area contributed by atoms with Gasteiger partial charge >= 0.3 is 5.97 Å². The summed E-state index contributed by atoms with van der Waals surface area (Å²) in [6, 6.07) is 24.6. The van der Waals surface area contributed by atoms with Crippen LogP contribution in [0.2, 0.25) is 0 Å². The summed E-state index contributed by atoms with van der Waals surface area (Å²) in [7, 11) is 0. The zero-order chi connectivity index (χ0) is 23.1. The minimum Gasteiger partial charge on any atom is -0.508 e. The van der Waals surface area contributed by atoms with Crippen molar-refractivity contribution in [1.29, 1.82) is 0 Å². The van der Waals surface area contributed by atoms with E-state index in [2.05, 4.69) is 6.92 Å². The molecule has 0 spiro atoms. The molecule has 33 heavy (non-hydrogen) atoms. The summed E-state index contributed by atoms with van der Waals surface area (Å²) in [5, 5.41) is 12.0. The summed E-state index contributed by atoms with van der Waals surface area (Å²) in [4.78, 5) is 18.1. The van der Waals surface area contributed by atoms with E-state index in [0.29, 0.717) is 12.2 Å². The molecule has 0 saturated carbocycles. The average molecular weight is 446 g/mol. The fraction of sp³-hybridized carbons (Fsp3) is 0.321. The molecule has 3 aromatic rings. The Hall–Kier alpha value is -3.15. The first kappa shape index (κ1) is 23.0. The lowest BCUT2D eigenvalue weighted by Crippen LogP contribution is -2.33. The van der Waals surface area contributed by atoms with E-state index in [1.54, 1.807) is 29.3 Å². The SMILES string of the molecule is CCCCOC(c1ccccc1)(c1ccc(C(=O)ON2CCCC2)cc1)c1cccc(O)c1. The number of hydroxylamine groups is 2. The average Bonchev–Trinajstić information content (AvgIpc) is 3.36. The minimum atomic E-state index is -0.924. The van der Waals surface area contributed by atoms with Gasteiger partial charge in [-0.3, -0.25) is 0 Å². The smallest absolute Gasteiger partial charge is 0.357 e. The molecule has 4 rings (SSSR count). The third kappa shape index (κ3) is 5.10. The van der Waals surface area contributed by atoms with Crippen molar-refractivity contribution in [3.8, 4) is 5.75 Å². The van der Waals surface area contributed by atoms with E-state index >= 15 is 0 Å². The Labute approximate surface area is 195 Å². The van der Waals surface area contributed by atoms with Crippen LogP contribution in [0.4, 0.5) is 0 Å². The highest BCUT2D eigenvalue weighted by Gasteiger charge is 2.38. The van der Waals surface area contributed by atoms with Gasteiger partial charge in [0.1, 0.15) is 11.4 Å². The number of aromatic hydroxyl groups is 1. The zero-order valence-electron chi connectivity index (χ0n) is 19.1. The van der Waals surface area contributed by atoms with Gasteiger partial charge in [0.25, 0.3) is 0 Å². The number of hydrogen-bond acceptors (Lipinski definition) is 5. The lowest BCUT2D eigenvalue weighted by Gasteiger charge is -2.36. The third-order valence-electron chi connectivity index (χ3n) is 6.05. The number of benzene rings is 3. The predicted molar refractivity (Wildman–Crippen MR) is 128 cm³/mol. The van der Waals surface area contributed by atoms with Crippen LogP contribution in [0.15, 0.2) is 78.9 Å². The first-order valence-electron chi connectivity index (χ1n) is 11.7. The van der Waals surface area contributed by atoms with Crippen LogP contribution in [0.25, 0.3) is 0 Å². The molecular weight excluding hydrogens is 414 g/mol. The maximum absolute atomic E-state index is 12.6. The monoisotopic (exact) mass is 445 g/mol. The van der Waals surface area contributed by atoms with Gasteiger partial charge < -0.3 is 14.7 Å². The van der Waals surface area contributed by atoms with Gasteiger partial charge in [-0.2, -0.15) is 0 Å². The van der Waals surface area contributed by atoms with Gasteiger partial charge in [-0.25, -0.2) is 4.79 Å². The Kier molecular flexibility index (Phi) is 7.43. The number of rotatable bonds is 9. The van der Waals surface area contributed by atoms with Crippen LogP contribution in [0.5, 0.6) is 5.75 Å². The lowest BCUT2D eigenvalue weighted by atomic mass is 9.79. The molecule has 1 aliphatic heterocycles. The maximum Gasteiger partial charge on any atom is 0.357 e. The number of carbonyl (C=O) groups is 1. The van der Waals surface area contributed by atoms with E-state index in [0.717, 1.165) is 55.5 Å². The van der Waals surface area contributed by atoms with Crippen molar-refractivity contribution in [3.05, 3.63) is 101 Å². The highest BCUT2D eigenvalue weighted by atomic mass is 16.7. The van der Waals surface area contributed by atoms with Gasteiger partial charge in [0.2, 0.25) is 0 Å². The minimum absolute atomic E-state index is 0.178. The molecule has 1 N–H and O–H groups in total. The molecule has 5 heteroatoms. The normalized spacial score (nSPS) is 15.8. The van der Waals surface area contributed by atoms with Crippen LogP contribution in [-0.2, 0) is 15.2 Å². The summed E-state index contributed by atoms with van der Waals surface area (Å²) in [5.74, 6) is -0.171. The second-order valence-corrected chi connectivity index (χ2v) is 8.39. The van der Waals surface area contributed by atoms with Crippen LogP contribution >= 0.6 is 0 Å². The molecule has 1 aliphatic rings. The largest absolute Gasteiger partial charge is 0.508 e. The summed E-state index contributed by atoms with van der Waals surface area (Å²) in [6.07, 6.45) is 4.01. The fourth-order valence-corrected chi connectivity index (χ4v) is 4.31. The molecule has 0 aromatic heterocycles. The molecule has 1 atom stereocenters. The number of phenolic OH excluding ortho intramolecular Hbond substituents is 1. The molecule has 172 valence electrons. The molecule has 0 aliphatic carbocycles. The van der Waals surface area contributed by atoms with Crippen molar-refractivity contribution in [2.45, 2.75) is 38.2 Å².